The van der Waals surface area contributed by atoms with Crippen molar-refractivity contribution in [3.63, 3.8) is 0 Å². The van der Waals surface area contributed by atoms with Gasteiger partial charge in [0.2, 0.25) is 0 Å². The van der Waals surface area contributed by atoms with Gasteiger partial charge in [-0.15, -0.1) is 0 Å². The Bertz CT molecular complexity index is 522. The molecule has 1 aromatic carbocycles. The second kappa shape index (κ2) is 3.35. The molecule has 0 aliphatic heterocycles. The Labute approximate surface area is 98.6 Å². The van der Waals surface area contributed by atoms with Gasteiger partial charge in [0, 0.05) is 0 Å². The van der Waals surface area contributed by atoms with Crippen LogP contribution in [-0.4, -0.2) is 5.16 Å². The second-order valence-electron chi connectivity index (χ2n) is 2.53. The Balaban J connectivity index is 3.05. The van der Waals surface area contributed by atoms with E-state index in [4.69, 9.17) is 56.7 Å². The minimum absolute atomic E-state index is 0.127. The van der Waals surface area contributed by atoms with E-state index in [2.05, 4.69) is 5.16 Å². The Morgan fingerprint density at radius 3 is 2.14 bits per heavy atom. The lowest BCUT2D eigenvalue weighted by atomic mass is 10.2. The molecule has 0 unspecified atom stereocenters. The first-order valence-electron chi connectivity index (χ1n) is 3.40. The van der Waals surface area contributed by atoms with Crippen LogP contribution >= 0.6 is 46.4 Å². The first-order chi connectivity index (χ1) is 6.54. The first kappa shape index (κ1) is 10.2. The summed E-state index contributed by atoms with van der Waals surface area (Å²) in [7, 11) is 0. The summed E-state index contributed by atoms with van der Waals surface area (Å²) in [6.07, 6.45) is 0. The molecule has 1 aromatic heterocycles. The highest BCUT2D eigenvalue weighted by molar-refractivity contribution is 6.55. The van der Waals surface area contributed by atoms with Crippen LogP contribution in [0.4, 0.5) is 5.82 Å². The maximum absolute atomic E-state index is 5.89. The van der Waals surface area contributed by atoms with E-state index in [1.807, 2.05) is 0 Å². The SMILES string of the molecule is Nc1noc2c(Cl)c(Cl)c(Cl)c(Cl)c12. The summed E-state index contributed by atoms with van der Waals surface area (Å²) in [5, 5.41) is 4.51. The number of benzene rings is 1. The molecular formula is C7H2Cl4N2O. The van der Waals surface area contributed by atoms with Crippen LogP contribution in [-0.2, 0) is 0 Å². The monoisotopic (exact) mass is 270 g/mol. The molecule has 0 fully saturated rings. The van der Waals surface area contributed by atoms with E-state index in [0.29, 0.717) is 5.39 Å². The van der Waals surface area contributed by atoms with Gasteiger partial charge < -0.3 is 10.3 Å². The lowest BCUT2D eigenvalue weighted by Crippen LogP contribution is -1.85. The fourth-order valence-corrected chi connectivity index (χ4v) is 2.03. The van der Waals surface area contributed by atoms with Crippen molar-refractivity contribution < 1.29 is 4.52 Å². The Hall–Kier alpha value is -0.350. The zero-order chi connectivity index (χ0) is 10.5. The summed E-state index contributed by atoms with van der Waals surface area (Å²) in [6, 6.07) is 0. The van der Waals surface area contributed by atoms with Crippen molar-refractivity contribution in [2.75, 3.05) is 5.73 Å². The quantitative estimate of drug-likeness (QED) is 0.582. The molecule has 0 saturated heterocycles. The second-order valence-corrected chi connectivity index (χ2v) is 4.04. The van der Waals surface area contributed by atoms with Gasteiger partial charge in [-0.3, -0.25) is 0 Å². The molecule has 14 heavy (non-hydrogen) atoms. The van der Waals surface area contributed by atoms with Gasteiger partial charge in [-0.25, -0.2) is 0 Å². The summed E-state index contributed by atoms with van der Waals surface area (Å²) in [5.41, 5.74) is 5.75. The molecule has 0 spiro atoms. The third-order valence-electron chi connectivity index (χ3n) is 1.72. The zero-order valence-corrected chi connectivity index (χ0v) is 9.47. The fourth-order valence-electron chi connectivity index (χ4n) is 1.07. The van der Waals surface area contributed by atoms with Crippen LogP contribution in [0.15, 0.2) is 4.52 Å². The predicted molar refractivity (Wildman–Crippen MR) is 58.5 cm³/mol. The van der Waals surface area contributed by atoms with Gasteiger partial charge in [0.25, 0.3) is 0 Å². The number of fused-ring (bicyclic) bond motifs is 1. The molecule has 2 N–H and O–H groups in total. The van der Waals surface area contributed by atoms with E-state index in [-0.39, 0.29) is 31.5 Å². The smallest absolute Gasteiger partial charge is 0.190 e. The third kappa shape index (κ3) is 1.24. The van der Waals surface area contributed by atoms with Gasteiger partial charge in [0.05, 0.1) is 20.5 Å². The largest absolute Gasteiger partial charge is 0.380 e. The Morgan fingerprint density at radius 1 is 0.929 bits per heavy atom. The molecule has 74 valence electrons. The molecule has 7 heteroatoms. The Kier molecular flexibility index (Phi) is 2.43. The van der Waals surface area contributed by atoms with Crippen molar-refractivity contribution in [2.45, 2.75) is 0 Å². The van der Waals surface area contributed by atoms with E-state index in [0.717, 1.165) is 0 Å². The maximum Gasteiger partial charge on any atom is 0.190 e. The average molecular weight is 272 g/mol. The van der Waals surface area contributed by atoms with Crippen LogP contribution in [0.3, 0.4) is 0 Å². The molecule has 0 aliphatic carbocycles. The summed E-state index contributed by atoms with van der Waals surface area (Å²) < 4.78 is 4.86. The van der Waals surface area contributed by atoms with Crippen LogP contribution in [0.2, 0.25) is 20.1 Å². The molecule has 3 nitrogen and oxygen atoms in total. The number of rotatable bonds is 0. The van der Waals surface area contributed by atoms with E-state index in [1.165, 1.54) is 0 Å². The molecule has 0 aliphatic rings. The number of nitrogen functional groups attached to an aromatic ring is 1. The molecule has 1 heterocycles. The normalized spacial score (nSPS) is 11.1. The number of hydrogen-bond acceptors (Lipinski definition) is 3. The highest BCUT2D eigenvalue weighted by atomic mass is 35.5. The molecule has 0 amide bonds. The van der Waals surface area contributed by atoms with Gasteiger partial charge in [-0.2, -0.15) is 0 Å². The number of nitrogens with two attached hydrogens (primary N) is 1. The minimum Gasteiger partial charge on any atom is -0.380 e. The van der Waals surface area contributed by atoms with Crippen molar-refractivity contribution >= 4 is 63.2 Å². The Morgan fingerprint density at radius 2 is 1.50 bits per heavy atom. The number of anilines is 1. The van der Waals surface area contributed by atoms with E-state index < -0.39 is 0 Å². The lowest BCUT2D eigenvalue weighted by molar-refractivity contribution is 0.460. The van der Waals surface area contributed by atoms with Gasteiger partial charge in [-0.1, -0.05) is 51.6 Å². The van der Waals surface area contributed by atoms with E-state index in [1.54, 1.807) is 0 Å². The van der Waals surface area contributed by atoms with Crippen molar-refractivity contribution in [1.82, 2.24) is 5.16 Å². The average Bonchev–Trinajstić information content (AvgIpc) is 2.54. The molecule has 0 atom stereocenters. The molecule has 2 aromatic rings. The summed E-state index contributed by atoms with van der Waals surface area (Å²) >= 11 is 23.4. The van der Waals surface area contributed by atoms with Crippen molar-refractivity contribution in [2.24, 2.45) is 0 Å². The van der Waals surface area contributed by atoms with Crippen molar-refractivity contribution in [3.8, 4) is 0 Å². The van der Waals surface area contributed by atoms with Gasteiger partial charge in [0.15, 0.2) is 11.4 Å². The van der Waals surface area contributed by atoms with Crippen LogP contribution < -0.4 is 5.73 Å². The summed E-state index contributed by atoms with van der Waals surface area (Å²) in [6.45, 7) is 0. The molecule has 0 radical (unpaired) electrons. The molecule has 0 saturated carbocycles. The van der Waals surface area contributed by atoms with Gasteiger partial charge >= 0.3 is 0 Å². The van der Waals surface area contributed by atoms with E-state index >= 15 is 0 Å². The molecule has 0 bridgehead atoms. The van der Waals surface area contributed by atoms with Crippen molar-refractivity contribution in [1.29, 1.82) is 0 Å². The van der Waals surface area contributed by atoms with Gasteiger partial charge in [0.1, 0.15) is 5.02 Å². The number of hydrogen-bond donors (Lipinski definition) is 1. The fraction of sp³-hybridized carbons (Fsp3) is 0. The highest BCUT2D eigenvalue weighted by Crippen LogP contribution is 2.44. The van der Waals surface area contributed by atoms with E-state index in [9.17, 15) is 0 Å². The lowest BCUT2D eigenvalue weighted by Gasteiger charge is -2.02. The number of aromatic nitrogens is 1. The summed E-state index contributed by atoms with van der Waals surface area (Å²) in [4.78, 5) is 0. The van der Waals surface area contributed by atoms with Crippen LogP contribution in [0, 0.1) is 0 Å². The van der Waals surface area contributed by atoms with Crippen LogP contribution in [0.5, 0.6) is 0 Å². The highest BCUT2D eigenvalue weighted by Gasteiger charge is 2.20. The maximum atomic E-state index is 5.89. The standard InChI is InChI=1S/C7H2Cl4N2O/c8-2-1-6(14-13-7(1)12)5(11)4(10)3(2)9/h(H2,12,13). The zero-order valence-electron chi connectivity index (χ0n) is 6.44. The van der Waals surface area contributed by atoms with Crippen LogP contribution in [0.25, 0.3) is 11.0 Å². The number of halogens is 4. The summed E-state index contributed by atoms with van der Waals surface area (Å²) in [5.74, 6) is 0.130. The first-order valence-corrected chi connectivity index (χ1v) is 4.92. The van der Waals surface area contributed by atoms with Crippen LogP contribution in [0.1, 0.15) is 0 Å². The minimum atomic E-state index is 0.127. The predicted octanol–water partition coefficient (Wildman–Crippen LogP) is 4.02. The topological polar surface area (TPSA) is 52.0 Å². The van der Waals surface area contributed by atoms with Crippen molar-refractivity contribution in [3.05, 3.63) is 20.1 Å². The molecule has 2 rings (SSSR count). The third-order valence-corrected chi connectivity index (χ3v) is 3.50. The number of nitrogens with zero attached hydrogens (tertiary/aromatic N) is 1. The molecular weight excluding hydrogens is 270 g/mol. The van der Waals surface area contributed by atoms with Gasteiger partial charge in [-0.05, 0) is 0 Å².